The number of hydrogen-bond donors (Lipinski definition) is 3. The first kappa shape index (κ1) is 12.5. The van der Waals surface area contributed by atoms with Gasteiger partial charge in [0.15, 0.2) is 5.82 Å². The van der Waals surface area contributed by atoms with Crippen LogP contribution in [-0.4, -0.2) is 33.3 Å². The second kappa shape index (κ2) is 6.12. The standard InChI is InChI=1S/C9H10N4O4/c1-2-3-6(8(14)15)12-9(16)10-4-7-11-5-17-13-7/h1,5-6H,3-4H2,(H,14,15)(H2,10,12,16). The lowest BCUT2D eigenvalue weighted by atomic mass is 10.2. The maximum Gasteiger partial charge on any atom is 0.327 e. The molecule has 1 aromatic heterocycles. The van der Waals surface area contributed by atoms with Gasteiger partial charge in [0, 0.05) is 6.42 Å². The third kappa shape index (κ3) is 4.21. The Morgan fingerprint density at radius 3 is 2.94 bits per heavy atom. The van der Waals surface area contributed by atoms with E-state index < -0.39 is 18.0 Å². The minimum atomic E-state index is -1.20. The van der Waals surface area contributed by atoms with Crippen LogP contribution in [0.2, 0.25) is 0 Å². The van der Waals surface area contributed by atoms with E-state index in [0.29, 0.717) is 0 Å². The molecule has 0 bridgehead atoms. The van der Waals surface area contributed by atoms with Crippen LogP contribution in [0.15, 0.2) is 10.9 Å². The molecule has 8 nitrogen and oxygen atoms in total. The molecule has 1 heterocycles. The quantitative estimate of drug-likeness (QED) is 0.586. The minimum Gasteiger partial charge on any atom is -0.480 e. The van der Waals surface area contributed by atoms with E-state index in [9.17, 15) is 9.59 Å². The van der Waals surface area contributed by atoms with Crippen molar-refractivity contribution in [3.8, 4) is 12.3 Å². The second-order valence-electron chi connectivity index (χ2n) is 2.97. The lowest BCUT2D eigenvalue weighted by molar-refractivity contribution is -0.139. The van der Waals surface area contributed by atoms with Crippen molar-refractivity contribution in [2.45, 2.75) is 19.0 Å². The molecule has 90 valence electrons. The zero-order chi connectivity index (χ0) is 12.7. The van der Waals surface area contributed by atoms with Crippen molar-refractivity contribution in [1.82, 2.24) is 20.8 Å². The molecule has 1 aromatic rings. The fourth-order valence-corrected chi connectivity index (χ4v) is 0.957. The molecule has 1 rings (SSSR count). The van der Waals surface area contributed by atoms with Crippen LogP contribution in [0.4, 0.5) is 4.79 Å². The third-order valence-corrected chi connectivity index (χ3v) is 1.74. The topological polar surface area (TPSA) is 117 Å². The van der Waals surface area contributed by atoms with E-state index >= 15 is 0 Å². The molecular weight excluding hydrogens is 228 g/mol. The molecule has 17 heavy (non-hydrogen) atoms. The highest BCUT2D eigenvalue weighted by atomic mass is 16.5. The van der Waals surface area contributed by atoms with Crippen LogP contribution in [0.25, 0.3) is 0 Å². The highest BCUT2D eigenvalue weighted by Gasteiger charge is 2.18. The van der Waals surface area contributed by atoms with E-state index in [4.69, 9.17) is 11.5 Å². The molecule has 0 spiro atoms. The molecule has 0 aliphatic carbocycles. The van der Waals surface area contributed by atoms with E-state index in [1.165, 1.54) is 0 Å². The largest absolute Gasteiger partial charge is 0.480 e. The summed E-state index contributed by atoms with van der Waals surface area (Å²) in [5.41, 5.74) is 0. The maximum absolute atomic E-state index is 11.3. The number of carbonyl (C=O) groups is 2. The van der Waals surface area contributed by atoms with E-state index in [1.54, 1.807) is 0 Å². The van der Waals surface area contributed by atoms with E-state index in [1.807, 2.05) is 0 Å². The predicted octanol–water partition coefficient (Wildman–Crippen LogP) is -0.655. The molecular formula is C9H10N4O4. The number of terminal acetylenes is 1. The summed E-state index contributed by atoms with van der Waals surface area (Å²) in [4.78, 5) is 25.6. The highest BCUT2D eigenvalue weighted by Crippen LogP contribution is 1.91. The van der Waals surface area contributed by atoms with Crippen LogP contribution >= 0.6 is 0 Å². The summed E-state index contributed by atoms with van der Waals surface area (Å²) in [5.74, 6) is 1.25. The van der Waals surface area contributed by atoms with Gasteiger partial charge in [0.1, 0.15) is 6.04 Å². The zero-order valence-electron chi connectivity index (χ0n) is 8.71. The summed E-state index contributed by atoms with van der Waals surface area (Å²) >= 11 is 0. The van der Waals surface area contributed by atoms with Gasteiger partial charge in [0.25, 0.3) is 0 Å². The van der Waals surface area contributed by atoms with Crippen molar-refractivity contribution in [3.63, 3.8) is 0 Å². The van der Waals surface area contributed by atoms with Crippen LogP contribution < -0.4 is 10.6 Å². The summed E-state index contributed by atoms with van der Waals surface area (Å²) in [6.45, 7) is 0.0325. The number of amides is 2. The Kier molecular flexibility index (Phi) is 4.50. The van der Waals surface area contributed by atoms with Crippen molar-refractivity contribution in [2.24, 2.45) is 0 Å². The van der Waals surface area contributed by atoms with E-state index in [0.717, 1.165) is 6.39 Å². The molecule has 1 unspecified atom stereocenters. The van der Waals surface area contributed by atoms with Gasteiger partial charge in [0.2, 0.25) is 6.39 Å². The van der Waals surface area contributed by atoms with Gasteiger partial charge < -0.3 is 20.3 Å². The highest BCUT2D eigenvalue weighted by molar-refractivity contribution is 5.82. The molecule has 0 radical (unpaired) electrons. The summed E-state index contributed by atoms with van der Waals surface area (Å²) in [5, 5.41) is 16.8. The fourth-order valence-electron chi connectivity index (χ4n) is 0.957. The zero-order valence-corrected chi connectivity index (χ0v) is 8.71. The SMILES string of the molecule is C#CCC(NC(=O)NCc1ncon1)C(=O)O. The summed E-state index contributed by atoms with van der Waals surface area (Å²) in [7, 11) is 0. The Bertz CT molecular complexity index is 423. The number of aliphatic carboxylic acids is 1. The number of carboxylic acids is 1. The van der Waals surface area contributed by atoms with Crippen molar-refractivity contribution >= 4 is 12.0 Å². The average molecular weight is 238 g/mol. The van der Waals surface area contributed by atoms with Crippen LogP contribution in [0.3, 0.4) is 0 Å². The second-order valence-corrected chi connectivity index (χ2v) is 2.97. The third-order valence-electron chi connectivity index (χ3n) is 1.74. The molecule has 0 fully saturated rings. The molecule has 0 saturated carbocycles. The average Bonchev–Trinajstić information content (AvgIpc) is 2.78. The summed E-state index contributed by atoms with van der Waals surface area (Å²) in [6, 6.07) is -1.79. The molecule has 2 amide bonds. The Labute approximate surface area is 96.4 Å². The van der Waals surface area contributed by atoms with Crippen LogP contribution in [0, 0.1) is 12.3 Å². The minimum absolute atomic E-state index is 0.0325. The smallest absolute Gasteiger partial charge is 0.327 e. The molecule has 0 aliphatic rings. The molecule has 3 N–H and O–H groups in total. The maximum atomic E-state index is 11.3. The van der Waals surface area contributed by atoms with Gasteiger partial charge in [-0.2, -0.15) is 4.98 Å². The fraction of sp³-hybridized carbons (Fsp3) is 0.333. The summed E-state index contributed by atoms with van der Waals surface area (Å²) in [6.07, 6.45) is 6.00. The summed E-state index contributed by atoms with van der Waals surface area (Å²) < 4.78 is 4.45. The first-order valence-electron chi connectivity index (χ1n) is 4.59. The van der Waals surface area contributed by atoms with Gasteiger partial charge >= 0.3 is 12.0 Å². The van der Waals surface area contributed by atoms with Crippen molar-refractivity contribution in [3.05, 3.63) is 12.2 Å². The Hall–Kier alpha value is -2.56. The van der Waals surface area contributed by atoms with Crippen LogP contribution in [-0.2, 0) is 11.3 Å². The number of hydrogen-bond acceptors (Lipinski definition) is 5. The number of carbonyl (C=O) groups excluding carboxylic acids is 1. The first-order chi connectivity index (χ1) is 8.13. The Morgan fingerprint density at radius 2 is 2.41 bits per heavy atom. The van der Waals surface area contributed by atoms with Gasteiger partial charge in [-0.3, -0.25) is 0 Å². The molecule has 0 aliphatic heterocycles. The lowest BCUT2D eigenvalue weighted by Gasteiger charge is -2.11. The molecule has 8 heteroatoms. The molecule has 1 atom stereocenters. The van der Waals surface area contributed by atoms with Crippen molar-refractivity contribution in [2.75, 3.05) is 0 Å². The predicted molar refractivity (Wildman–Crippen MR) is 54.5 cm³/mol. The van der Waals surface area contributed by atoms with Gasteiger partial charge in [0.05, 0.1) is 6.54 Å². The van der Waals surface area contributed by atoms with Gasteiger partial charge in [-0.15, -0.1) is 12.3 Å². The molecule has 0 aromatic carbocycles. The number of aromatic nitrogens is 2. The monoisotopic (exact) mass is 238 g/mol. The van der Waals surface area contributed by atoms with Crippen LogP contribution in [0.1, 0.15) is 12.2 Å². The number of carboxylic acid groups (broad SMARTS) is 1. The normalized spacial score (nSPS) is 11.2. The lowest BCUT2D eigenvalue weighted by Crippen LogP contribution is -2.45. The first-order valence-corrected chi connectivity index (χ1v) is 4.59. The van der Waals surface area contributed by atoms with E-state index in [2.05, 4.69) is 31.2 Å². The van der Waals surface area contributed by atoms with Gasteiger partial charge in [-0.05, 0) is 0 Å². The van der Waals surface area contributed by atoms with Gasteiger partial charge in [-0.25, -0.2) is 9.59 Å². The number of rotatable bonds is 5. The Morgan fingerprint density at radius 1 is 1.65 bits per heavy atom. The Balaban J connectivity index is 2.37. The van der Waals surface area contributed by atoms with Crippen molar-refractivity contribution < 1.29 is 19.2 Å². The van der Waals surface area contributed by atoms with Crippen molar-refractivity contribution in [1.29, 1.82) is 0 Å². The number of urea groups is 1. The number of nitrogens with one attached hydrogen (secondary N) is 2. The molecule has 0 saturated heterocycles. The number of nitrogens with zero attached hydrogens (tertiary/aromatic N) is 2. The van der Waals surface area contributed by atoms with E-state index in [-0.39, 0.29) is 18.8 Å². The van der Waals surface area contributed by atoms with Gasteiger partial charge in [-0.1, -0.05) is 5.16 Å². The van der Waals surface area contributed by atoms with Crippen LogP contribution in [0.5, 0.6) is 0 Å².